The first kappa shape index (κ1) is 34.8. The van der Waals surface area contributed by atoms with Gasteiger partial charge in [-0.05, 0) is 38.9 Å². The van der Waals surface area contributed by atoms with Gasteiger partial charge in [0.2, 0.25) is 5.91 Å². The SMILES string of the molecule is COC(=O)[C@H](C)CC(=O)[C@@H](CC(=O)NC(c1ccccc1)(c1ccccc1)c1ccccc1)NC(=O)OCC1c2ccccc2-c2ccccc21. The fourth-order valence-electron chi connectivity index (χ4n) is 6.98. The van der Waals surface area contributed by atoms with E-state index in [0.29, 0.717) is 0 Å². The summed E-state index contributed by atoms with van der Waals surface area (Å²) in [6, 6.07) is 43.5. The van der Waals surface area contributed by atoms with Gasteiger partial charge in [0.25, 0.3) is 0 Å². The molecule has 0 fully saturated rings. The number of nitrogens with one attached hydrogen (secondary N) is 2. The monoisotopic (exact) mass is 680 g/mol. The maximum Gasteiger partial charge on any atom is 0.407 e. The van der Waals surface area contributed by atoms with Crippen LogP contribution in [0.4, 0.5) is 4.79 Å². The number of Topliss-reactive ketones (excluding diaryl/α,β-unsaturated/α-hetero) is 1. The first-order valence-corrected chi connectivity index (χ1v) is 17.0. The molecule has 0 bridgehead atoms. The largest absolute Gasteiger partial charge is 0.469 e. The van der Waals surface area contributed by atoms with Crippen LogP contribution in [-0.2, 0) is 29.4 Å². The Hall–Kier alpha value is -6.02. The number of ether oxygens (including phenoxy) is 2. The van der Waals surface area contributed by atoms with Gasteiger partial charge in [0.15, 0.2) is 5.78 Å². The van der Waals surface area contributed by atoms with Crippen molar-refractivity contribution in [2.24, 2.45) is 5.92 Å². The van der Waals surface area contributed by atoms with E-state index in [0.717, 1.165) is 38.9 Å². The number of methoxy groups -OCH3 is 1. The molecule has 5 aromatic rings. The second-order valence-electron chi connectivity index (χ2n) is 12.7. The molecule has 258 valence electrons. The fourth-order valence-corrected chi connectivity index (χ4v) is 6.98. The zero-order valence-electron chi connectivity index (χ0n) is 28.6. The maximum atomic E-state index is 14.2. The Morgan fingerprint density at radius 3 is 1.57 bits per heavy atom. The van der Waals surface area contributed by atoms with Crippen molar-refractivity contribution in [3.8, 4) is 11.1 Å². The summed E-state index contributed by atoms with van der Waals surface area (Å²) in [5, 5.41) is 5.91. The molecule has 2 amide bonds. The van der Waals surface area contributed by atoms with Gasteiger partial charge in [-0.25, -0.2) is 4.79 Å². The normalized spacial score (nSPS) is 13.2. The molecular formula is C43H40N2O6. The smallest absolute Gasteiger partial charge is 0.407 e. The standard InChI is InChI=1S/C43H40N2O6/c1-29(41(48)50-2)26-39(46)38(44-42(49)51-28-37-35-24-14-12-22-33(35)34-23-13-15-25-36(34)37)27-40(47)45-43(30-16-6-3-7-17-30,31-18-8-4-9-19-31)32-20-10-5-11-21-32/h3-25,29,37-38H,26-28H2,1-2H3,(H,44,49)(H,45,47)/t29-,38-/m1/s1. The number of carbonyl (C=O) groups excluding carboxylic acids is 4. The molecule has 0 heterocycles. The van der Waals surface area contributed by atoms with Gasteiger partial charge in [-0.1, -0.05) is 146 Å². The van der Waals surface area contributed by atoms with Crippen molar-refractivity contribution in [2.45, 2.75) is 37.3 Å². The fraction of sp³-hybridized carbons (Fsp3) is 0.209. The third-order valence-electron chi connectivity index (χ3n) is 9.47. The highest BCUT2D eigenvalue weighted by Gasteiger charge is 2.39. The average Bonchev–Trinajstić information content (AvgIpc) is 3.50. The molecule has 8 heteroatoms. The van der Waals surface area contributed by atoms with Crippen LogP contribution in [0.3, 0.4) is 0 Å². The highest BCUT2D eigenvalue weighted by molar-refractivity contribution is 5.94. The van der Waals surface area contributed by atoms with Crippen molar-refractivity contribution in [1.82, 2.24) is 10.6 Å². The molecule has 0 spiro atoms. The van der Waals surface area contributed by atoms with E-state index in [4.69, 9.17) is 9.47 Å². The van der Waals surface area contributed by atoms with Gasteiger partial charge >= 0.3 is 12.1 Å². The van der Waals surface area contributed by atoms with Gasteiger partial charge in [-0.15, -0.1) is 0 Å². The molecule has 0 aromatic heterocycles. The molecule has 0 saturated carbocycles. The van der Waals surface area contributed by atoms with Crippen LogP contribution in [-0.4, -0.2) is 43.5 Å². The minimum Gasteiger partial charge on any atom is -0.469 e. The van der Waals surface area contributed by atoms with Crippen molar-refractivity contribution in [2.75, 3.05) is 13.7 Å². The number of ketones is 1. The van der Waals surface area contributed by atoms with Crippen LogP contribution in [0.1, 0.15) is 53.5 Å². The number of rotatable bonds is 13. The van der Waals surface area contributed by atoms with Gasteiger partial charge < -0.3 is 20.1 Å². The molecule has 1 aliphatic carbocycles. The van der Waals surface area contributed by atoms with Gasteiger partial charge in [0.05, 0.1) is 25.5 Å². The number of esters is 1. The molecule has 2 N–H and O–H groups in total. The number of hydrogen-bond donors (Lipinski definition) is 2. The summed E-state index contributed by atoms with van der Waals surface area (Å²) in [6.45, 7) is 1.60. The molecule has 0 radical (unpaired) electrons. The second-order valence-corrected chi connectivity index (χ2v) is 12.7. The summed E-state index contributed by atoms with van der Waals surface area (Å²) in [7, 11) is 1.25. The van der Waals surface area contributed by atoms with E-state index in [2.05, 4.69) is 10.6 Å². The van der Waals surface area contributed by atoms with Crippen LogP contribution in [0.15, 0.2) is 140 Å². The summed E-state index contributed by atoms with van der Waals surface area (Å²) in [5.74, 6) is -2.53. The zero-order valence-corrected chi connectivity index (χ0v) is 28.6. The summed E-state index contributed by atoms with van der Waals surface area (Å²) in [5.41, 5.74) is 5.56. The second kappa shape index (κ2) is 15.7. The number of alkyl carbamates (subject to hydrolysis) is 1. The van der Waals surface area contributed by atoms with E-state index in [9.17, 15) is 19.2 Å². The minimum absolute atomic E-state index is 0.0324. The quantitative estimate of drug-likeness (QED) is 0.101. The lowest BCUT2D eigenvalue weighted by Gasteiger charge is -2.37. The van der Waals surface area contributed by atoms with Gasteiger partial charge in [-0.3, -0.25) is 14.4 Å². The topological polar surface area (TPSA) is 111 Å². The van der Waals surface area contributed by atoms with Gasteiger partial charge in [-0.2, -0.15) is 0 Å². The van der Waals surface area contributed by atoms with Crippen LogP contribution in [0.2, 0.25) is 0 Å². The maximum absolute atomic E-state index is 14.2. The molecule has 2 atom stereocenters. The Morgan fingerprint density at radius 1 is 0.647 bits per heavy atom. The highest BCUT2D eigenvalue weighted by Crippen LogP contribution is 2.44. The van der Waals surface area contributed by atoms with E-state index < -0.39 is 47.7 Å². The molecule has 1 aliphatic rings. The Morgan fingerprint density at radius 2 is 1.10 bits per heavy atom. The number of hydrogen-bond acceptors (Lipinski definition) is 6. The van der Waals surface area contributed by atoms with Crippen molar-refractivity contribution in [3.05, 3.63) is 167 Å². The molecule has 0 saturated heterocycles. The van der Waals surface area contributed by atoms with Crippen molar-refractivity contribution in [1.29, 1.82) is 0 Å². The van der Waals surface area contributed by atoms with E-state index >= 15 is 0 Å². The minimum atomic E-state index is -1.28. The number of carbonyl (C=O) groups is 4. The van der Waals surface area contributed by atoms with E-state index in [1.54, 1.807) is 6.92 Å². The van der Waals surface area contributed by atoms with Crippen LogP contribution in [0.25, 0.3) is 11.1 Å². The van der Waals surface area contributed by atoms with Crippen molar-refractivity contribution < 1.29 is 28.7 Å². The average molecular weight is 681 g/mol. The Bertz CT molecular complexity index is 1860. The molecule has 51 heavy (non-hydrogen) atoms. The number of amides is 2. The van der Waals surface area contributed by atoms with Crippen LogP contribution in [0, 0.1) is 5.92 Å². The lowest BCUT2D eigenvalue weighted by molar-refractivity contribution is -0.146. The predicted molar refractivity (Wildman–Crippen MR) is 195 cm³/mol. The first-order chi connectivity index (χ1) is 24.8. The summed E-state index contributed by atoms with van der Waals surface area (Å²) in [6.07, 6.45) is -1.48. The molecule has 6 rings (SSSR count). The van der Waals surface area contributed by atoms with Crippen LogP contribution in [0.5, 0.6) is 0 Å². The Balaban J connectivity index is 1.27. The number of benzene rings is 5. The third-order valence-corrected chi connectivity index (χ3v) is 9.47. The Kier molecular flexibility index (Phi) is 10.7. The molecule has 0 aliphatic heterocycles. The van der Waals surface area contributed by atoms with Crippen LogP contribution >= 0.6 is 0 Å². The van der Waals surface area contributed by atoms with Crippen molar-refractivity contribution >= 4 is 23.8 Å². The van der Waals surface area contributed by atoms with Gasteiger partial charge in [0, 0.05) is 12.3 Å². The third kappa shape index (κ3) is 7.45. The molecule has 0 unspecified atom stereocenters. The Labute approximate surface area is 297 Å². The van der Waals surface area contributed by atoms with E-state index in [1.165, 1.54) is 7.11 Å². The number of fused-ring (bicyclic) bond motifs is 3. The lowest BCUT2D eigenvalue weighted by atomic mass is 9.76. The van der Waals surface area contributed by atoms with E-state index in [1.807, 2.05) is 140 Å². The highest BCUT2D eigenvalue weighted by atomic mass is 16.5. The van der Waals surface area contributed by atoms with Gasteiger partial charge in [0.1, 0.15) is 12.1 Å². The zero-order chi connectivity index (χ0) is 35.8. The van der Waals surface area contributed by atoms with Crippen LogP contribution < -0.4 is 10.6 Å². The molecule has 5 aromatic carbocycles. The predicted octanol–water partition coefficient (Wildman–Crippen LogP) is 7.16. The first-order valence-electron chi connectivity index (χ1n) is 17.0. The molecule has 8 nitrogen and oxygen atoms in total. The van der Waals surface area contributed by atoms with Crippen molar-refractivity contribution in [3.63, 3.8) is 0 Å². The summed E-state index contributed by atoms with van der Waals surface area (Å²) in [4.78, 5) is 53.7. The summed E-state index contributed by atoms with van der Waals surface area (Å²) < 4.78 is 10.6. The summed E-state index contributed by atoms with van der Waals surface area (Å²) >= 11 is 0. The lowest BCUT2D eigenvalue weighted by Crippen LogP contribution is -2.51. The molecular weight excluding hydrogens is 640 g/mol. The van der Waals surface area contributed by atoms with E-state index in [-0.39, 0.29) is 18.9 Å².